The fraction of sp³-hybridized carbons (Fsp3) is 0.138. The molecular formula is C29H22N2O5. The van der Waals surface area contributed by atoms with Crippen molar-refractivity contribution in [1.82, 2.24) is 0 Å². The first-order valence-electron chi connectivity index (χ1n) is 11.5. The maximum Gasteiger partial charge on any atom is 0.277 e. The Bertz CT molecular complexity index is 1580. The van der Waals surface area contributed by atoms with Gasteiger partial charge in [-0.3, -0.25) is 9.59 Å². The van der Waals surface area contributed by atoms with Gasteiger partial charge < -0.3 is 19.6 Å². The average molecular weight is 479 g/mol. The molecule has 0 aromatic heterocycles. The number of ether oxygens (including phenoxy) is 2. The number of rotatable bonds is 5. The van der Waals surface area contributed by atoms with Gasteiger partial charge in [0.1, 0.15) is 11.6 Å². The molecule has 1 spiro atoms. The zero-order valence-corrected chi connectivity index (χ0v) is 19.6. The zero-order valence-electron chi connectivity index (χ0n) is 19.6. The van der Waals surface area contributed by atoms with Gasteiger partial charge in [-0.25, -0.2) is 0 Å². The Hall–Kier alpha value is -4.65. The van der Waals surface area contributed by atoms with Crippen molar-refractivity contribution in [1.29, 1.82) is 0 Å². The molecule has 7 nitrogen and oxygen atoms in total. The standard InChI is InChI=1S/C29H22N2O5/c1-34-23-14-13-19(16-24(23)35-2)26-25(27(32)20-12-11-17-7-3-4-8-18(17)15-20)29(36-31-26)21-9-5-6-10-22(21)30-28(29)33/h3-16,25H,1-2H3,(H,30,33)/t25-,29+/m0/s1. The van der Waals surface area contributed by atoms with E-state index in [4.69, 9.17) is 14.3 Å². The number of hydrogen-bond acceptors (Lipinski definition) is 6. The van der Waals surface area contributed by atoms with E-state index in [1.165, 1.54) is 7.11 Å². The van der Waals surface area contributed by atoms with Crippen LogP contribution in [0.5, 0.6) is 11.5 Å². The van der Waals surface area contributed by atoms with Crippen LogP contribution >= 0.6 is 0 Å². The van der Waals surface area contributed by atoms with Gasteiger partial charge >= 0.3 is 0 Å². The van der Waals surface area contributed by atoms with Crippen LogP contribution in [0.3, 0.4) is 0 Å². The van der Waals surface area contributed by atoms with Crippen molar-refractivity contribution in [2.45, 2.75) is 5.60 Å². The molecule has 2 heterocycles. The molecule has 0 fully saturated rings. The minimum atomic E-state index is -1.62. The van der Waals surface area contributed by atoms with Crippen molar-refractivity contribution < 1.29 is 23.9 Å². The number of nitrogens with zero attached hydrogens (tertiary/aromatic N) is 1. The van der Waals surface area contributed by atoms with Crippen LogP contribution in [-0.2, 0) is 15.2 Å². The molecule has 2 aliphatic heterocycles. The molecule has 1 N–H and O–H groups in total. The Balaban J connectivity index is 1.53. The number of carbonyl (C=O) groups excluding carboxylic acids is 2. The van der Waals surface area contributed by atoms with Crippen LogP contribution in [0, 0.1) is 5.92 Å². The minimum Gasteiger partial charge on any atom is -0.493 e. The Morgan fingerprint density at radius 1 is 0.889 bits per heavy atom. The number of anilines is 1. The Kier molecular flexibility index (Phi) is 5.00. The van der Waals surface area contributed by atoms with E-state index in [1.807, 2.05) is 48.5 Å². The maximum absolute atomic E-state index is 14.3. The second-order valence-corrected chi connectivity index (χ2v) is 8.73. The van der Waals surface area contributed by atoms with Crippen LogP contribution in [0.15, 0.2) is 90.1 Å². The lowest BCUT2D eigenvalue weighted by Crippen LogP contribution is -2.46. The number of fused-ring (bicyclic) bond motifs is 3. The van der Waals surface area contributed by atoms with Crippen LogP contribution < -0.4 is 14.8 Å². The Labute approximate surface area is 207 Å². The molecule has 0 aliphatic carbocycles. The fourth-order valence-electron chi connectivity index (χ4n) is 5.08. The third kappa shape index (κ3) is 3.09. The number of methoxy groups -OCH3 is 2. The Morgan fingerprint density at radius 3 is 2.44 bits per heavy atom. The molecule has 0 bridgehead atoms. The number of para-hydroxylation sites is 1. The molecule has 178 valence electrons. The lowest BCUT2D eigenvalue weighted by atomic mass is 9.74. The van der Waals surface area contributed by atoms with Gasteiger partial charge in [-0.15, -0.1) is 0 Å². The molecule has 4 aromatic carbocycles. The van der Waals surface area contributed by atoms with Crippen molar-refractivity contribution in [3.05, 3.63) is 102 Å². The SMILES string of the molecule is COc1ccc(C2=NO[C@@]3(C(=O)Nc4ccccc43)[C@@H]2C(=O)c2ccc3ccccc3c2)cc1OC. The minimum absolute atomic E-state index is 0.265. The summed E-state index contributed by atoms with van der Waals surface area (Å²) in [4.78, 5) is 33.7. The van der Waals surface area contributed by atoms with E-state index < -0.39 is 17.4 Å². The molecule has 4 aromatic rings. The molecule has 0 unspecified atom stereocenters. The van der Waals surface area contributed by atoms with E-state index in [2.05, 4.69) is 10.5 Å². The lowest BCUT2D eigenvalue weighted by molar-refractivity contribution is -0.140. The molecule has 2 aliphatic rings. The highest BCUT2D eigenvalue weighted by atomic mass is 16.7. The molecule has 7 heteroatoms. The van der Waals surface area contributed by atoms with Crippen molar-refractivity contribution in [2.75, 3.05) is 19.5 Å². The molecule has 6 rings (SSSR count). The predicted molar refractivity (Wildman–Crippen MR) is 136 cm³/mol. The summed E-state index contributed by atoms with van der Waals surface area (Å²) < 4.78 is 10.8. The van der Waals surface area contributed by atoms with Crippen LogP contribution in [0.25, 0.3) is 10.8 Å². The van der Waals surface area contributed by atoms with E-state index in [1.54, 1.807) is 43.5 Å². The van der Waals surface area contributed by atoms with Gasteiger partial charge in [0.05, 0.1) is 14.2 Å². The third-order valence-corrected chi connectivity index (χ3v) is 6.86. The summed E-state index contributed by atoms with van der Waals surface area (Å²) in [7, 11) is 3.09. The molecular weight excluding hydrogens is 456 g/mol. The molecule has 0 radical (unpaired) electrons. The summed E-state index contributed by atoms with van der Waals surface area (Å²) >= 11 is 0. The molecule has 0 saturated carbocycles. The van der Waals surface area contributed by atoms with Crippen molar-refractivity contribution in [2.24, 2.45) is 11.1 Å². The largest absolute Gasteiger partial charge is 0.493 e. The summed E-state index contributed by atoms with van der Waals surface area (Å²) in [5.41, 5.74) is 0.966. The first kappa shape index (κ1) is 21.9. The summed E-state index contributed by atoms with van der Waals surface area (Å²) in [5.74, 6) is -0.704. The zero-order chi connectivity index (χ0) is 24.9. The summed E-state index contributed by atoms with van der Waals surface area (Å²) in [5, 5.41) is 9.17. The Morgan fingerprint density at radius 2 is 1.64 bits per heavy atom. The van der Waals surface area contributed by atoms with Crippen LogP contribution in [-0.4, -0.2) is 31.6 Å². The van der Waals surface area contributed by atoms with Crippen molar-refractivity contribution >= 4 is 33.9 Å². The average Bonchev–Trinajstić information content (AvgIpc) is 3.46. The monoisotopic (exact) mass is 478 g/mol. The van der Waals surface area contributed by atoms with Crippen LogP contribution in [0.1, 0.15) is 21.5 Å². The number of benzene rings is 4. The van der Waals surface area contributed by atoms with Crippen molar-refractivity contribution in [3.63, 3.8) is 0 Å². The molecule has 0 saturated heterocycles. The topological polar surface area (TPSA) is 86.2 Å². The van der Waals surface area contributed by atoms with E-state index in [0.717, 1.165) is 10.8 Å². The summed E-state index contributed by atoms with van der Waals surface area (Å²) in [6.07, 6.45) is 0. The number of Topliss-reactive ketones (excluding diaryl/α,β-unsaturated/α-hetero) is 1. The highest BCUT2D eigenvalue weighted by molar-refractivity contribution is 6.25. The second kappa shape index (κ2) is 8.23. The molecule has 36 heavy (non-hydrogen) atoms. The fourth-order valence-corrected chi connectivity index (χ4v) is 5.08. The maximum atomic E-state index is 14.3. The van der Waals surface area contributed by atoms with E-state index in [0.29, 0.717) is 39.6 Å². The van der Waals surface area contributed by atoms with Crippen LogP contribution in [0.4, 0.5) is 5.69 Å². The second-order valence-electron chi connectivity index (χ2n) is 8.73. The number of carbonyl (C=O) groups is 2. The first-order valence-corrected chi connectivity index (χ1v) is 11.5. The molecule has 1 amide bonds. The molecule has 2 atom stereocenters. The number of amides is 1. The van der Waals surface area contributed by atoms with Gasteiger partial charge in [-0.05, 0) is 41.1 Å². The van der Waals surface area contributed by atoms with Crippen molar-refractivity contribution in [3.8, 4) is 11.5 Å². The van der Waals surface area contributed by atoms with E-state index >= 15 is 0 Å². The van der Waals surface area contributed by atoms with E-state index in [9.17, 15) is 9.59 Å². The smallest absolute Gasteiger partial charge is 0.277 e. The highest BCUT2D eigenvalue weighted by Gasteiger charge is 2.63. The number of hydrogen-bond donors (Lipinski definition) is 1. The number of ketones is 1. The van der Waals surface area contributed by atoms with Gasteiger partial charge in [-0.2, -0.15) is 0 Å². The lowest BCUT2D eigenvalue weighted by Gasteiger charge is -2.27. The quantitative estimate of drug-likeness (QED) is 0.411. The van der Waals surface area contributed by atoms with Crippen LogP contribution in [0.2, 0.25) is 0 Å². The van der Waals surface area contributed by atoms with Gasteiger partial charge in [0.2, 0.25) is 0 Å². The number of oxime groups is 1. The van der Waals surface area contributed by atoms with Gasteiger partial charge in [0.15, 0.2) is 17.3 Å². The summed E-state index contributed by atoms with van der Waals surface area (Å²) in [6.45, 7) is 0. The van der Waals surface area contributed by atoms with Gasteiger partial charge in [0, 0.05) is 22.4 Å². The summed E-state index contributed by atoms with van der Waals surface area (Å²) in [6, 6.07) is 25.8. The third-order valence-electron chi connectivity index (χ3n) is 6.86. The predicted octanol–water partition coefficient (Wildman–Crippen LogP) is 4.94. The van der Waals surface area contributed by atoms with Gasteiger partial charge in [-0.1, -0.05) is 59.8 Å². The normalized spacial score (nSPS) is 20.0. The van der Waals surface area contributed by atoms with Gasteiger partial charge in [0.25, 0.3) is 11.5 Å². The van der Waals surface area contributed by atoms with E-state index in [-0.39, 0.29) is 5.78 Å². The number of nitrogens with one attached hydrogen (secondary N) is 1. The first-order chi connectivity index (χ1) is 17.6. The highest BCUT2D eigenvalue weighted by Crippen LogP contribution is 2.50.